The second-order valence-corrected chi connectivity index (χ2v) is 8.94. The van der Waals surface area contributed by atoms with Crippen LogP contribution in [0.4, 0.5) is 0 Å². The van der Waals surface area contributed by atoms with E-state index in [-0.39, 0.29) is 35.6 Å². The molecular formula is C25H46O4. The number of hydrogen-bond acceptors (Lipinski definition) is 4. The van der Waals surface area contributed by atoms with Crippen LogP contribution in [0.1, 0.15) is 111 Å². The Hall–Kier alpha value is -1.06. The number of rotatable bonds is 15. The van der Waals surface area contributed by atoms with E-state index in [0.29, 0.717) is 13.2 Å². The average molecular weight is 411 g/mol. The van der Waals surface area contributed by atoms with E-state index in [2.05, 4.69) is 27.7 Å². The van der Waals surface area contributed by atoms with Gasteiger partial charge in [0.1, 0.15) is 0 Å². The Bertz CT molecular complexity index is 448. The van der Waals surface area contributed by atoms with E-state index >= 15 is 0 Å². The molecule has 0 bridgehead atoms. The number of carbonyl (C=O) groups is 2. The Kier molecular flexibility index (Phi) is 14.1. The predicted octanol–water partition coefficient (Wildman–Crippen LogP) is 6.70. The molecule has 0 heterocycles. The summed E-state index contributed by atoms with van der Waals surface area (Å²) in [5.74, 6) is -0.655. The van der Waals surface area contributed by atoms with Crippen LogP contribution < -0.4 is 0 Å². The highest BCUT2D eigenvalue weighted by Gasteiger charge is 2.46. The van der Waals surface area contributed by atoms with Crippen LogP contribution in [0.5, 0.6) is 0 Å². The maximum atomic E-state index is 12.9. The van der Waals surface area contributed by atoms with Crippen LogP contribution in [-0.2, 0) is 19.1 Å². The summed E-state index contributed by atoms with van der Waals surface area (Å²) in [4.78, 5) is 25.8. The van der Waals surface area contributed by atoms with Crippen molar-refractivity contribution in [1.82, 2.24) is 0 Å². The minimum Gasteiger partial charge on any atom is -0.465 e. The topological polar surface area (TPSA) is 52.6 Å². The molecular weight excluding hydrogens is 364 g/mol. The maximum Gasteiger partial charge on any atom is 0.310 e. The zero-order chi connectivity index (χ0) is 21.5. The molecule has 4 atom stereocenters. The smallest absolute Gasteiger partial charge is 0.310 e. The summed E-state index contributed by atoms with van der Waals surface area (Å²) in [6.45, 7) is 9.54. The van der Waals surface area contributed by atoms with Crippen LogP contribution in [0.2, 0.25) is 0 Å². The van der Waals surface area contributed by atoms with Crippen LogP contribution in [0.3, 0.4) is 0 Å². The summed E-state index contributed by atoms with van der Waals surface area (Å²) in [5.41, 5.74) is 0. The van der Waals surface area contributed by atoms with Crippen molar-refractivity contribution in [2.75, 3.05) is 13.2 Å². The lowest BCUT2D eigenvalue weighted by molar-refractivity contribution is -0.168. The van der Waals surface area contributed by atoms with Crippen molar-refractivity contribution in [3.63, 3.8) is 0 Å². The van der Waals surface area contributed by atoms with Gasteiger partial charge in [-0.15, -0.1) is 0 Å². The van der Waals surface area contributed by atoms with E-state index in [4.69, 9.17) is 9.47 Å². The van der Waals surface area contributed by atoms with Crippen molar-refractivity contribution in [3.05, 3.63) is 0 Å². The molecule has 0 spiro atoms. The van der Waals surface area contributed by atoms with Crippen LogP contribution in [0.25, 0.3) is 0 Å². The zero-order valence-electron chi connectivity index (χ0n) is 19.5. The molecule has 4 heteroatoms. The summed E-state index contributed by atoms with van der Waals surface area (Å²) in [5, 5.41) is 0. The summed E-state index contributed by atoms with van der Waals surface area (Å²) in [6.07, 6.45) is 14.2. The Morgan fingerprint density at radius 2 is 1.17 bits per heavy atom. The molecule has 0 N–H and O–H groups in total. The fraction of sp³-hybridized carbons (Fsp3) is 0.920. The molecule has 0 amide bonds. The molecule has 0 aliphatic heterocycles. The standard InChI is InChI=1S/C25H46O4/c1-5-8-10-12-14-18-28-24(26)22-20(4)16-17-21(7-3)23(22)25(27)29-19-15-13-11-9-6-2/h20-23H,5-19H2,1-4H3. The first-order chi connectivity index (χ1) is 14.1. The zero-order valence-corrected chi connectivity index (χ0v) is 19.5. The monoisotopic (exact) mass is 410 g/mol. The Morgan fingerprint density at radius 3 is 1.66 bits per heavy atom. The van der Waals surface area contributed by atoms with Gasteiger partial charge in [-0.05, 0) is 37.5 Å². The number of ether oxygens (including phenoxy) is 2. The molecule has 4 nitrogen and oxygen atoms in total. The summed E-state index contributed by atoms with van der Waals surface area (Å²) >= 11 is 0. The van der Waals surface area contributed by atoms with Crippen LogP contribution in [0, 0.1) is 23.7 Å². The molecule has 0 saturated heterocycles. The molecule has 1 aliphatic carbocycles. The van der Waals surface area contributed by atoms with E-state index in [0.717, 1.165) is 44.9 Å². The van der Waals surface area contributed by atoms with Gasteiger partial charge in [-0.25, -0.2) is 0 Å². The molecule has 0 aromatic heterocycles. The maximum absolute atomic E-state index is 12.9. The van der Waals surface area contributed by atoms with Crippen molar-refractivity contribution in [2.24, 2.45) is 23.7 Å². The fourth-order valence-electron chi connectivity index (χ4n) is 4.61. The number of esters is 2. The van der Waals surface area contributed by atoms with E-state index in [1.165, 1.54) is 38.5 Å². The minimum absolute atomic E-state index is 0.174. The second-order valence-electron chi connectivity index (χ2n) is 8.94. The Balaban J connectivity index is 2.58. The van der Waals surface area contributed by atoms with Gasteiger partial charge in [0, 0.05) is 0 Å². The third-order valence-electron chi connectivity index (χ3n) is 6.55. The second kappa shape index (κ2) is 15.7. The molecule has 1 aliphatic rings. The van der Waals surface area contributed by atoms with Gasteiger partial charge in [-0.1, -0.05) is 85.5 Å². The van der Waals surface area contributed by atoms with Gasteiger partial charge in [-0.2, -0.15) is 0 Å². The van der Waals surface area contributed by atoms with Crippen molar-refractivity contribution < 1.29 is 19.1 Å². The third-order valence-corrected chi connectivity index (χ3v) is 6.55. The normalized spacial score (nSPS) is 24.3. The van der Waals surface area contributed by atoms with E-state index in [9.17, 15) is 9.59 Å². The highest BCUT2D eigenvalue weighted by Crippen LogP contribution is 2.41. The SMILES string of the molecule is CCCCCCCOC(=O)C1C(C)CCC(CC)C1C(=O)OCCCCCCC. The van der Waals surface area contributed by atoms with Gasteiger partial charge in [0.2, 0.25) is 0 Å². The molecule has 4 unspecified atom stereocenters. The lowest BCUT2D eigenvalue weighted by atomic mass is 9.66. The van der Waals surface area contributed by atoms with Crippen molar-refractivity contribution in [2.45, 2.75) is 111 Å². The number of hydrogen-bond donors (Lipinski definition) is 0. The Labute approximate surface area is 179 Å². The van der Waals surface area contributed by atoms with Gasteiger partial charge >= 0.3 is 11.9 Å². The first-order valence-electron chi connectivity index (χ1n) is 12.4. The number of unbranched alkanes of at least 4 members (excludes halogenated alkanes) is 8. The van der Waals surface area contributed by atoms with Gasteiger partial charge in [0.25, 0.3) is 0 Å². The van der Waals surface area contributed by atoms with Crippen LogP contribution >= 0.6 is 0 Å². The fourth-order valence-corrected chi connectivity index (χ4v) is 4.61. The molecule has 0 aromatic rings. The molecule has 0 aromatic carbocycles. The molecule has 170 valence electrons. The lowest BCUT2D eigenvalue weighted by Crippen LogP contribution is -2.44. The molecule has 1 fully saturated rings. The molecule has 29 heavy (non-hydrogen) atoms. The average Bonchev–Trinajstić information content (AvgIpc) is 2.72. The summed E-state index contributed by atoms with van der Waals surface area (Å²) in [7, 11) is 0. The van der Waals surface area contributed by atoms with Crippen molar-refractivity contribution in [3.8, 4) is 0 Å². The van der Waals surface area contributed by atoms with Crippen LogP contribution in [-0.4, -0.2) is 25.2 Å². The predicted molar refractivity (Wildman–Crippen MR) is 119 cm³/mol. The third kappa shape index (κ3) is 9.53. The quantitative estimate of drug-likeness (QED) is 0.222. The largest absolute Gasteiger partial charge is 0.465 e. The van der Waals surface area contributed by atoms with E-state index in [1.807, 2.05) is 0 Å². The number of carbonyl (C=O) groups excluding carboxylic acids is 2. The van der Waals surface area contributed by atoms with Gasteiger partial charge < -0.3 is 9.47 Å². The first-order valence-corrected chi connectivity index (χ1v) is 12.4. The van der Waals surface area contributed by atoms with Crippen LogP contribution in [0.15, 0.2) is 0 Å². The highest BCUT2D eigenvalue weighted by molar-refractivity contribution is 5.83. The summed E-state index contributed by atoms with van der Waals surface area (Å²) < 4.78 is 11.3. The van der Waals surface area contributed by atoms with E-state index < -0.39 is 0 Å². The lowest BCUT2D eigenvalue weighted by Gasteiger charge is -2.38. The van der Waals surface area contributed by atoms with Gasteiger partial charge in [0.05, 0.1) is 25.0 Å². The van der Waals surface area contributed by atoms with Gasteiger partial charge in [-0.3, -0.25) is 9.59 Å². The van der Waals surface area contributed by atoms with E-state index in [1.54, 1.807) is 0 Å². The molecule has 0 radical (unpaired) electrons. The molecule has 1 rings (SSSR count). The highest BCUT2D eigenvalue weighted by atomic mass is 16.5. The van der Waals surface area contributed by atoms with Gasteiger partial charge in [0.15, 0.2) is 0 Å². The molecule has 1 saturated carbocycles. The van der Waals surface area contributed by atoms with Crippen molar-refractivity contribution >= 4 is 11.9 Å². The van der Waals surface area contributed by atoms with Crippen molar-refractivity contribution in [1.29, 1.82) is 0 Å². The Morgan fingerprint density at radius 1 is 0.690 bits per heavy atom. The minimum atomic E-state index is -0.350. The first kappa shape index (κ1) is 26.0. The summed E-state index contributed by atoms with van der Waals surface area (Å²) in [6, 6.07) is 0.